The third-order valence-corrected chi connectivity index (χ3v) is 4.95. The highest BCUT2D eigenvalue weighted by atomic mass is 19.4. The van der Waals surface area contributed by atoms with E-state index >= 15 is 0 Å². The first-order valence-electron chi connectivity index (χ1n) is 9.63. The first-order valence-corrected chi connectivity index (χ1v) is 9.63. The summed E-state index contributed by atoms with van der Waals surface area (Å²) in [4.78, 5) is 13.9. The van der Waals surface area contributed by atoms with Crippen molar-refractivity contribution in [1.29, 1.82) is 0 Å². The van der Waals surface area contributed by atoms with Gasteiger partial charge in [0.1, 0.15) is 5.69 Å². The predicted molar refractivity (Wildman–Crippen MR) is 100 cm³/mol. The van der Waals surface area contributed by atoms with Gasteiger partial charge in [0.05, 0.1) is 17.9 Å². The van der Waals surface area contributed by atoms with Crippen molar-refractivity contribution in [2.75, 3.05) is 0 Å². The Kier molecular flexibility index (Phi) is 5.27. The quantitative estimate of drug-likeness (QED) is 0.703. The molecule has 0 spiro atoms. The van der Waals surface area contributed by atoms with Gasteiger partial charge in [-0.1, -0.05) is 5.21 Å². The summed E-state index contributed by atoms with van der Waals surface area (Å²) in [5.74, 6) is -0.517. The van der Waals surface area contributed by atoms with Crippen molar-refractivity contribution in [2.24, 2.45) is 5.73 Å². The van der Waals surface area contributed by atoms with Crippen LogP contribution in [0.1, 0.15) is 53.6 Å². The normalized spacial score (nSPS) is 15.8. The van der Waals surface area contributed by atoms with Crippen molar-refractivity contribution >= 4 is 5.91 Å². The second kappa shape index (κ2) is 7.88. The molecule has 158 valence electrons. The van der Waals surface area contributed by atoms with Crippen LogP contribution in [0.2, 0.25) is 0 Å². The van der Waals surface area contributed by atoms with Gasteiger partial charge in [-0.15, -0.1) is 5.10 Å². The van der Waals surface area contributed by atoms with Crippen LogP contribution in [-0.4, -0.2) is 35.7 Å². The van der Waals surface area contributed by atoms with Gasteiger partial charge in [-0.2, -0.15) is 18.3 Å². The van der Waals surface area contributed by atoms with Gasteiger partial charge in [0.15, 0.2) is 5.69 Å². The molecule has 0 aromatic carbocycles. The zero-order valence-electron chi connectivity index (χ0n) is 16.0. The van der Waals surface area contributed by atoms with Crippen molar-refractivity contribution in [3.63, 3.8) is 0 Å². The molecule has 3 aromatic heterocycles. The van der Waals surface area contributed by atoms with Gasteiger partial charge in [-0.3, -0.25) is 14.5 Å². The Balaban J connectivity index is 0.000000168. The van der Waals surface area contributed by atoms with Crippen molar-refractivity contribution in [3.05, 3.63) is 47.7 Å². The molecular weight excluding hydrogens is 399 g/mol. The molecule has 1 amide bonds. The fourth-order valence-corrected chi connectivity index (χ4v) is 3.21. The minimum Gasteiger partial charge on any atom is -0.364 e. The van der Waals surface area contributed by atoms with Gasteiger partial charge >= 0.3 is 6.18 Å². The number of carbonyl (C=O) groups is 1. The van der Waals surface area contributed by atoms with E-state index in [0.29, 0.717) is 17.3 Å². The van der Waals surface area contributed by atoms with Gasteiger partial charge in [0.2, 0.25) is 0 Å². The van der Waals surface area contributed by atoms with E-state index in [-0.39, 0.29) is 5.69 Å². The zero-order chi connectivity index (χ0) is 21.3. The predicted octanol–water partition coefficient (Wildman–Crippen LogP) is 3.01. The lowest BCUT2D eigenvalue weighted by molar-refractivity contribution is -0.141. The number of rotatable bonds is 3. The number of hydrogen-bond acceptors (Lipinski definition) is 5. The highest BCUT2D eigenvalue weighted by Gasteiger charge is 2.32. The number of nitrogens with zero attached hydrogens (tertiary/aromatic N) is 6. The lowest BCUT2D eigenvalue weighted by atomic mass is 10.1. The molecule has 1 saturated carbocycles. The number of hydrogen-bond donors (Lipinski definition) is 1. The SMILES string of the molecule is FC(F)(F)c1cc(-c2cc3n(n2)CCCC3)ccn1.NC(=O)c1cn(C2CC2)nn1. The van der Waals surface area contributed by atoms with Gasteiger partial charge in [-0.25, -0.2) is 4.68 Å². The molecule has 30 heavy (non-hydrogen) atoms. The van der Waals surface area contributed by atoms with E-state index in [1.54, 1.807) is 16.9 Å². The molecule has 1 aliphatic heterocycles. The Morgan fingerprint density at radius 3 is 2.63 bits per heavy atom. The maximum atomic E-state index is 12.6. The average Bonchev–Trinajstić information content (AvgIpc) is 3.28. The molecule has 4 heterocycles. The van der Waals surface area contributed by atoms with Crippen LogP contribution in [0, 0.1) is 0 Å². The maximum absolute atomic E-state index is 12.6. The van der Waals surface area contributed by atoms with Gasteiger partial charge in [0.25, 0.3) is 5.91 Å². The summed E-state index contributed by atoms with van der Waals surface area (Å²) in [6, 6.07) is 4.93. The molecule has 3 aromatic rings. The molecule has 1 fully saturated rings. The Bertz CT molecular complexity index is 1030. The van der Waals surface area contributed by atoms with Gasteiger partial charge in [-0.05, 0) is 50.3 Å². The van der Waals surface area contributed by atoms with Gasteiger partial charge in [0, 0.05) is 24.0 Å². The highest BCUT2D eigenvalue weighted by Crippen LogP contribution is 2.33. The Morgan fingerprint density at radius 1 is 1.20 bits per heavy atom. The number of carbonyl (C=O) groups excluding carboxylic acids is 1. The van der Waals surface area contributed by atoms with Crippen molar-refractivity contribution < 1.29 is 18.0 Å². The minimum atomic E-state index is -4.42. The number of halogens is 3. The number of nitrogens with two attached hydrogens (primary N) is 1. The average molecular weight is 419 g/mol. The fraction of sp³-hybridized carbons (Fsp3) is 0.421. The summed E-state index contributed by atoms with van der Waals surface area (Å²) in [5.41, 5.74) is 6.50. The number of alkyl halides is 3. The number of aromatic nitrogens is 6. The second-order valence-corrected chi connectivity index (χ2v) is 7.31. The lowest BCUT2D eigenvalue weighted by Gasteiger charge is -2.11. The molecule has 0 radical (unpaired) electrons. The zero-order valence-corrected chi connectivity index (χ0v) is 16.0. The molecule has 0 unspecified atom stereocenters. The number of pyridine rings is 1. The largest absolute Gasteiger partial charge is 0.433 e. The third kappa shape index (κ3) is 4.50. The maximum Gasteiger partial charge on any atom is 0.433 e. The summed E-state index contributed by atoms with van der Waals surface area (Å²) in [6.45, 7) is 0.840. The lowest BCUT2D eigenvalue weighted by Crippen LogP contribution is -2.11. The number of amides is 1. The summed E-state index contributed by atoms with van der Waals surface area (Å²) in [6.07, 6.45) is 3.72. The number of fused-ring (bicyclic) bond motifs is 1. The molecule has 8 nitrogen and oxygen atoms in total. The minimum absolute atomic E-state index is 0.247. The molecule has 2 N–H and O–H groups in total. The fourth-order valence-electron chi connectivity index (χ4n) is 3.21. The van der Waals surface area contributed by atoms with E-state index in [1.807, 2.05) is 10.7 Å². The summed E-state index contributed by atoms with van der Waals surface area (Å²) in [5, 5.41) is 11.7. The Labute approximate surface area is 169 Å². The molecule has 5 rings (SSSR count). The van der Waals surface area contributed by atoms with Crippen LogP contribution >= 0.6 is 0 Å². The summed E-state index contributed by atoms with van der Waals surface area (Å²) in [7, 11) is 0. The van der Waals surface area contributed by atoms with Crippen LogP contribution in [0.5, 0.6) is 0 Å². The Hall–Kier alpha value is -3.24. The number of aryl methyl sites for hydroxylation is 2. The first-order chi connectivity index (χ1) is 14.3. The highest BCUT2D eigenvalue weighted by molar-refractivity contribution is 5.90. The molecule has 11 heteroatoms. The summed E-state index contributed by atoms with van der Waals surface area (Å²) < 4.78 is 41.4. The molecule has 0 atom stereocenters. The van der Waals surface area contributed by atoms with Crippen LogP contribution in [0.15, 0.2) is 30.6 Å². The number of primary amides is 1. The standard InChI is InChI=1S/C13H12F3N3.C6H8N4O/c14-13(15,16)12-7-9(4-5-17-12)11-8-10-3-1-2-6-19(10)18-11;7-6(11)5-3-10(9-8-5)4-1-2-4/h4-5,7-8H,1-3,6H2;3-4H,1-2H2,(H2,7,11). The van der Waals surface area contributed by atoms with Crippen LogP contribution in [0.25, 0.3) is 11.3 Å². The van der Waals surface area contributed by atoms with E-state index in [4.69, 9.17) is 5.73 Å². The van der Waals surface area contributed by atoms with E-state index in [0.717, 1.165) is 50.4 Å². The third-order valence-electron chi connectivity index (χ3n) is 4.95. The van der Waals surface area contributed by atoms with E-state index in [1.165, 1.54) is 6.20 Å². The van der Waals surface area contributed by atoms with Crippen LogP contribution in [0.3, 0.4) is 0 Å². The molecule has 0 saturated heterocycles. The van der Waals surface area contributed by atoms with Crippen molar-refractivity contribution in [2.45, 2.75) is 50.9 Å². The molecule has 2 aliphatic rings. The van der Waals surface area contributed by atoms with E-state index in [2.05, 4.69) is 20.4 Å². The van der Waals surface area contributed by atoms with Crippen molar-refractivity contribution in [3.8, 4) is 11.3 Å². The first kappa shape index (κ1) is 20.0. The molecular formula is C19H20F3N7O. The van der Waals surface area contributed by atoms with Crippen LogP contribution in [0.4, 0.5) is 13.2 Å². The smallest absolute Gasteiger partial charge is 0.364 e. The molecule has 1 aliphatic carbocycles. The topological polar surface area (TPSA) is 105 Å². The second-order valence-electron chi connectivity index (χ2n) is 7.31. The summed E-state index contributed by atoms with van der Waals surface area (Å²) >= 11 is 0. The van der Waals surface area contributed by atoms with Crippen LogP contribution in [-0.2, 0) is 19.1 Å². The monoisotopic (exact) mass is 419 g/mol. The van der Waals surface area contributed by atoms with Crippen molar-refractivity contribution in [1.82, 2.24) is 29.8 Å². The molecule has 0 bridgehead atoms. The van der Waals surface area contributed by atoms with E-state index in [9.17, 15) is 18.0 Å². The van der Waals surface area contributed by atoms with E-state index < -0.39 is 17.8 Å². The van der Waals surface area contributed by atoms with Crippen LogP contribution < -0.4 is 5.73 Å². The Morgan fingerprint density at radius 2 is 2.00 bits per heavy atom. The van der Waals surface area contributed by atoms with Gasteiger partial charge < -0.3 is 5.73 Å².